The summed E-state index contributed by atoms with van der Waals surface area (Å²) in [5.41, 5.74) is 0.936. The van der Waals surface area contributed by atoms with E-state index in [0.717, 1.165) is 5.69 Å². The molecule has 0 aliphatic carbocycles. The van der Waals surface area contributed by atoms with Gasteiger partial charge in [-0.25, -0.2) is 13.6 Å². The van der Waals surface area contributed by atoms with Gasteiger partial charge in [0.05, 0.1) is 6.54 Å². The molecule has 0 fully saturated rings. The van der Waals surface area contributed by atoms with E-state index in [9.17, 15) is 8.42 Å². The van der Waals surface area contributed by atoms with Gasteiger partial charge in [0.15, 0.2) is 0 Å². The van der Waals surface area contributed by atoms with Crippen LogP contribution in [0.3, 0.4) is 0 Å². The lowest BCUT2D eigenvalue weighted by atomic mass is 10.3. The molecule has 0 spiro atoms. The second-order valence-electron chi connectivity index (χ2n) is 3.85. The highest BCUT2D eigenvalue weighted by Crippen LogP contribution is 2.18. The first-order valence-electron chi connectivity index (χ1n) is 5.48. The Balaban J connectivity index is 2.00. The maximum Gasteiger partial charge on any atom is 0.271 e. The average molecular weight is 298 g/mol. The van der Waals surface area contributed by atoms with Gasteiger partial charge in [-0.3, -0.25) is 0 Å². The molecule has 1 aromatic carbocycles. The lowest BCUT2D eigenvalue weighted by Gasteiger charge is -2.05. The van der Waals surface area contributed by atoms with Crippen LogP contribution in [0.4, 0.5) is 5.69 Å². The molecule has 0 bridgehead atoms. The topological polar surface area (TPSA) is 85.3 Å². The number of furan rings is 1. The zero-order valence-corrected chi connectivity index (χ0v) is 11.9. The molecule has 0 saturated carbocycles. The first kappa shape index (κ1) is 14.0. The Morgan fingerprint density at radius 1 is 1.21 bits per heavy atom. The van der Waals surface area contributed by atoms with Crippen molar-refractivity contribution in [2.24, 2.45) is 5.14 Å². The normalized spacial score (nSPS) is 11.5. The fourth-order valence-corrected chi connectivity index (χ4v) is 2.39. The summed E-state index contributed by atoms with van der Waals surface area (Å²) in [6.07, 6.45) is 2.01. The summed E-state index contributed by atoms with van der Waals surface area (Å²) in [6.45, 7) is 0.397. The third-order valence-electron chi connectivity index (χ3n) is 2.47. The number of rotatable bonds is 5. The molecule has 1 aromatic heterocycles. The zero-order chi connectivity index (χ0) is 13.9. The highest BCUT2D eigenvalue weighted by molar-refractivity contribution is 7.98. The van der Waals surface area contributed by atoms with Gasteiger partial charge in [0.2, 0.25) is 5.09 Å². The van der Waals surface area contributed by atoms with Gasteiger partial charge in [-0.1, -0.05) is 0 Å². The van der Waals surface area contributed by atoms with Gasteiger partial charge in [-0.15, -0.1) is 11.8 Å². The van der Waals surface area contributed by atoms with Gasteiger partial charge in [0.1, 0.15) is 5.76 Å². The van der Waals surface area contributed by atoms with E-state index in [0.29, 0.717) is 12.3 Å². The van der Waals surface area contributed by atoms with E-state index >= 15 is 0 Å². The fourth-order valence-electron chi connectivity index (χ4n) is 1.50. The number of hydrogen-bond donors (Lipinski definition) is 2. The molecule has 19 heavy (non-hydrogen) atoms. The van der Waals surface area contributed by atoms with Crippen molar-refractivity contribution >= 4 is 27.5 Å². The second-order valence-corrected chi connectivity index (χ2v) is 6.22. The third kappa shape index (κ3) is 3.76. The summed E-state index contributed by atoms with van der Waals surface area (Å²) in [7, 11) is -3.77. The molecular weight excluding hydrogens is 284 g/mol. The molecule has 5 nitrogen and oxygen atoms in total. The third-order valence-corrected chi connectivity index (χ3v) is 4.00. The standard InChI is InChI=1S/C12H14N2O3S2/c1-18-11-5-2-9(3-6-11)14-8-10-4-7-12(17-10)19(13,15)16/h2-7,14H,8H2,1H3,(H2,13,15,16). The number of primary sulfonamides is 1. The molecule has 0 saturated heterocycles. The number of nitrogens with two attached hydrogens (primary N) is 1. The monoisotopic (exact) mass is 298 g/mol. The minimum Gasteiger partial charge on any atom is -0.446 e. The summed E-state index contributed by atoms with van der Waals surface area (Å²) in [6, 6.07) is 10.9. The van der Waals surface area contributed by atoms with Crippen molar-refractivity contribution in [3.63, 3.8) is 0 Å². The molecule has 0 radical (unpaired) electrons. The van der Waals surface area contributed by atoms with E-state index in [-0.39, 0.29) is 5.09 Å². The minimum atomic E-state index is -3.77. The molecule has 102 valence electrons. The van der Waals surface area contributed by atoms with E-state index < -0.39 is 10.0 Å². The summed E-state index contributed by atoms with van der Waals surface area (Å²) in [4.78, 5) is 1.18. The SMILES string of the molecule is CSc1ccc(NCc2ccc(S(N)(=O)=O)o2)cc1. The Hall–Kier alpha value is -1.44. The largest absolute Gasteiger partial charge is 0.446 e. The number of sulfonamides is 1. The van der Waals surface area contributed by atoms with Crippen LogP contribution in [0.1, 0.15) is 5.76 Å². The molecule has 3 N–H and O–H groups in total. The highest BCUT2D eigenvalue weighted by Gasteiger charge is 2.12. The van der Waals surface area contributed by atoms with Gasteiger partial charge in [-0.05, 0) is 42.7 Å². The summed E-state index contributed by atoms with van der Waals surface area (Å²) < 4.78 is 27.2. The van der Waals surface area contributed by atoms with Crippen LogP contribution < -0.4 is 10.5 Å². The van der Waals surface area contributed by atoms with Crippen molar-refractivity contribution in [2.75, 3.05) is 11.6 Å². The van der Waals surface area contributed by atoms with Gasteiger partial charge in [0, 0.05) is 10.6 Å². The molecule has 7 heteroatoms. The summed E-state index contributed by atoms with van der Waals surface area (Å²) in [5.74, 6) is 0.512. The van der Waals surface area contributed by atoms with E-state index in [1.54, 1.807) is 17.8 Å². The van der Waals surface area contributed by atoms with Gasteiger partial charge < -0.3 is 9.73 Å². The van der Waals surface area contributed by atoms with Crippen LogP contribution in [0.5, 0.6) is 0 Å². The lowest BCUT2D eigenvalue weighted by Crippen LogP contribution is -2.10. The van der Waals surface area contributed by atoms with Crippen molar-refractivity contribution in [2.45, 2.75) is 16.5 Å². The number of anilines is 1. The highest BCUT2D eigenvalue weighted by atomic mass is 32.2. The molecule has 0 unspecified atom stereocenters. The van der Waals surface area contributed by atoms with E-state index in [2.05, 4.69) is 5.32 Å². The van der Waals surface area contributed by atoms with Crippen molar-refractivity contribution in [1.82, 2.24) is 0 Å². The van der Waals surface area contributed by atoms with E-state index in [4.69, 9.17) is 9.56 Å². The summed E-state index contributed by atoms with van der Waals surface area (Å²) >= 11 is 1.67. The van der Waals surface area contributed by atoms with Crippen LogP contribution in [0, 0.1) is 0 Å². The van der Waals surface area contributed by atoms with Crippen molar-refractivity contribution in [3.05, 3.63) is 42.2 Å². The predicted octanol–water partition coefficient (Wildman–Crippen LogP) is 2.26. The molecule has 2 rings (SSSR count). The Morgan fingerprint density at radius 3 is 2.42 bits per heavy atom. The molecule has 0 atom stereocenters. The van der Waals surface area contributed by atoms with Crippen molar-refractivity contribution in [1.29, 1.82) is 0 Å². The van der Waals surface area contributed by atoms with E-state index in [1.165, 1.54) is 11.0 Å². The Kier molecular flexibility index (Phi) is 4.18. The van der Waals surface area contributed by atoms with Crippen LogP contribution in [0.2, 0.25) is 0 Å². The quantitative estimate of drug-likeness (QED) is 0.827. The number of benzene rings is 1. The summed E-state index contributed by atoms with van der Waals surface area (Å²) in [5, 5.41) is 7.88. The molecule has 0 aliphatic heterocycles. The van der Waals surface area contributed by atoms with Gasteiger partial charge >= 0.3 is 0 Å². The fraction of sp³-hybridized carbons (Fsp3) is 0.167. The Bertz CT molecular complexity index is 648. The molecule has 0 aliphatic rings. The van der Waals surface area contributed by atoms with Crippen molar-refractivity contribution < 1.29 is 12.8 Å². The molecule has 1 heterocycles. The first-order valence-corrected chi connectivity index (χ1v) is 8.25. The minimum absolute atomic E-state index is 0.220. The lowest BCUT2D eigenvalue weighted by molar-refractivity contribution is 0.419. The maximum atomic E-state index is 11.1. The smallest absolute Gasteiger partial charge is 0.271 e. The van der Waals surface area contributed by atoms with Crippen LogP contribution in [0.25, 0.3) is 0 Å². The predicted molar refractivity (Wildman–Crippen MR) is 75.6 cm³/mol. The van der Waals surface area contributed by atoms with Gasteiger partial charge in [-0.2, -0.15) is 0 Å². The van der Waals surface area contributed by atoms with Crippen LogP contribution in [-0.2, 0) is 16.6 Å². The Labute approximate surface area is 116 Å². The first-order chi connectivity index (χ1) is 8.99. The molecular formula is C12H14N2O3S2. The second kappa shape index (κ2) is 5.68. The van der Waals surface area contributed by atoms with Crippen LogP contribution in [-0.4, -0.2) is 14.7 Å². The average Bonchev–Trinajstić information content (AvgIpc) is 2.86. The van der Waals surface area contributed by atoms with Gasteiger partial charge in [0.25, 0.3) is 10.0 Å². The number of nitrogens with one attached hydrogen (secondary N) is 1. The van der Waals surface area contributed by atoms with Crippen molar-refractivity contribution in [3.8, 4) is 0 Å². The van der Waals surface area contributed by atoms with Crippen LogP contribution >= 0.6 is 11.8 Å². The maximum absolute atomic E-state index is 11.1. The van der Waals surface area contributed by atoms with Crippen LogP contribution in [0.15, 0.2) is 50.8 Å². The number of thioether (sulfide) groups is 1. The Morgan fingerprint density at radius 2 is 1.89 bits per heavy atom. The zero-order valence-electron chi connectivity index (χ0n) is 10.3. The molecule has 0 amide bonds. The molecule has 2 aromatic rings. The number of hydrogen-bond acceptors (Lipinski definition) is 5. The van der Waals surface area contributed by atoms with E-state index in [1.807, 2.05) is 30.5 Å².